The van der Waals surface area contributed by atoms with Crippen LogP contribution in [0.3, 0.4) is 0 Å². The van der Waals surface area contributed by atoms with Gasteiger partial charge in [0, 0.05) is 24.7 Å². The number of nitrogens with zero attached hydrogens (tertiary/aromatic N) is 2. The smallest absolute Gasteiger partial charge is 0.111 e. The average Bonchev–Trinajstić information content (AvgIpc) is 2.72. The molecule has 0 aliphatic carbocycles. The molecule has 0 bridgehead atoms. The maximum atomic E-state index is 4.31. The average molecular weight is 211 g/mol. The molecule has 1 aliphatic rings. The van der Waals surface area contributed by atoms with Crippen molar-refractivity contribution in [2.45, 2.75) is 32.2 Å². The Labute approximate surface area is 89.1 Å². The van der Waals surface area contributed by atoms with Gasteiger partial charge >= 0.3 is 0 Å². The number of hydrogen-bond donors (Lipinski definition) is 1. The highest BCUT2D eigenvalue weighted by Crippen LogP contribution is 2.16. The van der Waals surface area contributed by atoms with Gasteiger partial charge in [-0.3, -0.25) is 0 Å². The minimum absolute atomic E-state index is 0.355. The van der Waals surface area contributed by atoms with E-state index in [0.717, 1.165) is 0 Å². The van der Waals surface area contributed by atoms with Crippen molar-refractivity contribution in [3.8, 4) is 0 Å². The Hall–Kier alpha value is -0.450. The number of nitrogens with one attached hydrogen (secondary N) is 1. The van der Waals surface area contributed by atoms with Gasteiger partial charge < -0.3 is 0 Å². The Kier molecular flexibility index (Phi) is 3.50. The molecule has 1 unspecified atom stereocenters. The van der Waals surface area contributed by atoms with Gasteiger partial charge in [0.2, 0.25) is 0 Å². The lowest BCUT2D eigenvalue weighted by Crippen LogP contribution is -2.42. The molecule has 0 saturated carbocycles. The molecule has 1 atom stereocenters. The van der Waals surface area contributed by atoms with E-state index in [0.29, 0.717) is 6.04 Å². The zero-order valence-corrected chi connectivity index (χ0v) is 9.39. The summed E-state index contributed by atoms with van der Waals surface area (Å²) in [4.78, 5) is 4.31. The van der Waals surface area contributed by atoms with E-state index in [4.69, 9.17) is 0 Å². The highest BCUT2D eigenvalue weighted by Gasteiger charge is 2.14. The quantitative estimate of drug-likeness (QED) is 0.830. The summed E-state index contributed by atoms with van der Waals surface area (Å²) in [6.45, 7) is 4.53. The Bertz CT molecular complexity index is 254. The molecular weight excluding hydrogens is 194 g/mol. The lowest BCUT2D eigenvalue weighted by Gasteiger charge is -2.29. The van der Waals surface area contributed by atoms with Crippen LogP contribution in [0, 0.1) is 0 Å². The second-order valence-corrected chi connectivity index (χ2v) is 4.69. The van der Waals surface area contributed by atoms with E-state index in [1.807, 2.05) is 11.6 Å². The molecule has 1 N–H and O–H groups in total. The van der Waals surface area contributed by atoms with E-state index in [9.17, 15) is 0 Å². The van der Waals surface area contributed by atoms with Crippen LogP contribution >= 0.6 is 11.3 Å². The van der Waals surface area contributed by atoms with Crippen LogP contribution in [0.25, 0.3) is 0 Å². The van der Waals surface area contributed by atoms with Gasteiger partial charge in [0.05, 0.1) is 6.04 Å². The van der Waals surface area contributed by atoms with Crippen LogP contribution in [0.5, 0.6) is 0 Å². The van der Waals surface area contributed by atoms with E-state index in [-0.39, 0.29) is 0 Å². The zero-order valence-electron chi connectivity index (χ0n) is 8.57. The molecule has 1 fully saturated rings. The van der Waals surface area contributed by atoms with Crippen LogP contribution in [-0.4, -0.2) is 23.1 Å². The molecule has 1 aromatic rings. The van der Waals surface area contributed by atoms with Crippen LogP contribution in [0.2, 0.25) is 0 Å². The Balaban J connectivity index is 1.84. The van der Waals surface area contributed by atoms with Gasteiger partial charge in [-0.15, -0.1) is 11.3 Å². The molecule has 1 aliphatic heterocycles. The molecule has 1 saturated heterocycles. The fourth-order valence-electron chi connectivity index (χ4n) is 1.80. The molecule has 0 amide bonds. The number of aromatic nitrogens is 1. The molecule has 0 radical (unpaired) electrons. The van der Waals surface area contributed by atoms with E-state index in [1.165, 1.54) is 37.4 Å². The third kappa shape index (κ3) is 2.53. The number of thiazole rings is 1. The van der Waals surface area contributed by atoms with E-state index >= 15 is 0 Å². The standard InChI is InChI=1S/C10H17N3S/c1-9(10-11-5-8-14-10)12-13-6-3-2-4-7-13/h5,8-9,12H,2-4,6-7H2,1H3. The van der Waals surface area contributed by atoms with Crippen LogP contribution in [0.4, 0.5) is 0 Å². The lowest BCUT2D eigenvalue weighted by molar-refractivity contribution is 0.133. The van der Waals surface area contributed by atoms with E-state index < -0.39 is 0 Å². The molecule has 2 rings (SSSR count). The lowest BCUT2D eigenvalue weighted by atomic mass is 10.2. The fraction of sp³-hybridized carbons (Fsp3) is 0.700. The summed E-state index contributed by atoms with van der Waals surface area (Å²) in [5, 5.41) is 5.54. The molecule has 0 aromatic carbocycles. The predicted molar refractivity (Wildman–Crippen MR) is 59.1 cm³/mol. The van der Waals surface area contributed by atoms with Crippen molar-refractivity contribution >= 4 is 11.3 Å². The first-order valence-electron chi connectivity index (χ1n) is 5.27. The second kappa shape index (κ2) is 4.87. The summed E-state index contributed by atoms with van der Waals surface area (Å²) in [7, 11) is 0. The number of piperidine rings is 1. The van der Waals surface area contributed by atoms with E-state index in [2.05, 4.69) is 22.3 Å². The van der Waals surface area contributed by atoms with Gasteiger partial charge in [0.25, 0.3) is 0 Å². The zero-order chi connectivity index (χ0) is 9.80. The molecular formula is C10H17N3S. The summed E-state index contributed by atoms with van der Waals surface area (Å²) in [5.74, 6) is 0. The van der Waals surface area contributed by atoms with Crippen molar-refractivity contribution in [3.63, 3.8) is 0 Å². The topological polar surface area (TPSA) is 28.2 Å². The summed E-state index contributed by atoms with van der Waals surface area (Å²) >= 11 is 1.72. The van der Waals surface area contributed by atoms with Crippen LogP contribution < -0.4 is 5.43 Å². The van der Waals surface area contributed by atoms with Gasteiger partial charge in [-0.1, -0.05) is 6.42 Å². The second-order valence-electron chi connectivity index (χ2n) is 3.77. The summed E-state index contributed by atoms with van der Waals surface area (Å²) in [5.41, 5.74) is 3.50. The summed E-state index contributed by atoms with van der Waals surface area (Å²) in [6.07, 6.45) is 5.88. The Morgan fingerprint density at radius 3 is 2.86 bits per heavy atom. The monoisotopic (exact) mass is 211 g/mol. The van der Waals surface area contributed by atoms with Gasteiger partial charge in [0.1, 0.15) is 5.01 Å². The Morgan fingerprint density at radius 1 is 1.43 bits per heavy atom. The van der Waals surface area contributed by atoms with Crippen molar-refractivity contribution in [1.82, 2.24) is 15.4 Å². The van der Waals surface area contributed by atoms with Gasteiger partial charge in [-0.05, 0) is 19.8 Å². The first-order chi connectivity index (χ1) is 6.86. The highest BCUT2D eigenvalue weighted by atomic mass is 32.1. The van der Waals surface area contributed by atoms with Crippen molar-refractivity contribution < 1.29 is 0 Å². The molecule has 2 heterocycles. The maximum Gasteiger partial charge on any atom is 0.111 e. The van der Waals surface area contributed by atoms with Crippen molar-refractivity contribution in [3.05, 3.63) is 16.6 Å². The molecule has 1 aromatic heterocycles. The molecule has 78 valence electrons. The highest BCUT2D eigenvalue weighted by molar-refractivity contribution is 7.09. The first-order valence-corrected chi connectivity index (χ1v) is 6.15. The van der Waals surface area contributed by atoms with Crippen LogP contribution in [0.1, 0.15) is 37.2 Å². The third-order valence-corrected chi connectivity index (χ3v) is 3.51. The Morgan fingerprint density at radius 2 is 2.21 bits per heavy atom. The van der Waals surface area contributed by atoms with Crippen LogP contribution in [0.15, 0.2) is 11.6 Å². The summed E-state index contributed by atoms with van der Waals surface area (Å²) in [6, 6.07) is 0.355. The third-order valence-electron chi connectivity index (χ3n) is 2.55. The molecule has 0 spiro atoms. The van der Waals surface area contributed by atoms with Crippen LogP contribution in [-0.2, 0) is 0 Å². The van der Waals surface area contributed by atoms with Crippen molar-refractivity contribution in [2.24, 2.45) is 0 Å². The minimum atomic E-state index is 0.355. The summed E-state index contributed by atoms with van der Waals surface area (Å²) < 4.78 is 0. The van der Waals surface area contributed by atoms with E-state index in [1.54, 1.807) is 11.3 Å². The molecule has 3 nitrogen and oxygen atoms in total. The van der Waals surface area contributed by atoms with Gasteiger partial charge in [0.15, 0.2) is 0 Å². The van der Waals surface area contributed by atoms with Crippen molar-refractivity contribution in [2.75, 3.05) is 13.1 Å². The van der Waals surface area contributed by atoms with Gasteiger partial charge in [-0.2, -0.15) is 0 Å². The normalized spacial score (nSPS) is 20.9. The minimum Gasteiger partial charge on any atom is -0.248 e. The molecule has 4 heteroatoms. The number of rotatable bonds is 3. The van der Waals surface area contributed by atoms with Crippen molar-refractivity contribution in [1.29, 1.82) is 0 Å². The maximum absolute atomic E-state index is 4.31. The largest absolute Gasteiger partial charge is 0.248 e. The predicted octanol–water partition coefficient (Wildman–Crippen LogP) is 2.19. The number of hydrazine groups is 1. The SMILES string of the molecule is CC(NN1CCCCC1)c1nccs1. The molecule has 14 heavy (non-hydrogen) atoms. The van der Waals surface area contributed by atoms with Gasteiger partial charge in [-0.25, -0.2) is 15.4 Å². The first kappa shape index (κ1) is 10.1. The fourth-order valence-corrected chi connectivity index (χ4v) is 2.44. The number of hydrogen-bond acceptors (Lipinski definition) is 4.